The number of sulfone groups is 1. The predicted molar refractivity (Wildman–Crippen MR) is 88.6 cm³/mol. The maximum absolute atomic E-state index is 12.3. The molecule has 3 rings (SSSR count). The molecule has 3 aromatic rings. The quantitative estimate of drug-likeness (QED) is 0.744. The van der Waals surface area contributed by atoms with E-state index in [-0.39, 0.29) is 17.6 Å². The molecule has 126 valence electrons. The minimum atomic E-state index is -3.27. The van der Waals surface area contributed by atoms with Crippen LogP contribution in [0.3, 0.4) is 0 Å². The Morgan fingerprint density at radius 1 is 1.33 bits per heavy atom. The van der Waals surface area contributed by atoms with Crippen LogP contribution in [-0.2, 0) is 15.6 Å². The molecule has 0 aliphatic carbocycles. The van der Waals surface area contributed by atoms with Crippen molar-refractivity contribution in [2.45, 2.75) is 19.6 Å². The number of benzene rings is 1. The first-order valence-electron chi connectivity index (χ1n) is 7.13. The Morgan fingerprint density at radius 3 is 2.79 bits per heavy atom. The van der Waals surface area contributed by atoms with E-state index in [1.165, 1.54) is 0 Å². The van der Waals surface area contributed by atoms with Crippen LogP contribution in [0.1, 0.15) is 27.4 Å². The summed E-state index contributed by atoms with van der Waals surface area (Å²) in [6, 6.07) is 5.14. The van der Waals surface area contributed by atoms with Gasteiger partial charge in [-0.2, -0.15) is 4.98 Å². The minimum absolute atomic E-state index is 0.000330. The van der Waals surface area contributed by atoms with Gasteiger partial charge in [0.15, 0.2) is 15.7 Å². The maximum Gasteiger partial charge on any atom is 0.328 e. The number of amides is 1. The molecular formula is C15H16N4O4S. The number of carbonyl (C=O) groups excluding carboxylic acids is 1. The molecular weight excluding hydrogens is 332 g/mol. The lowest BCUT2D eigenvalue weighted by atomic mass is 10.1. The number of rotatable bonds is 4. The molecule has 0 saturated carbocycles. The third kappa shape index (κ3) is 3.30. The van der Waals surface area contributed by atoms with Gasteiger partial charge in [-0.25, -0.2) is 8.42 Å². The summed E-state index contributed by atoms with van der Waals surface area (Å²) in [6.45, 7) is 3.95. The van der Waals surface area contributed by atoms with E-state index in [4.69, 9.17) is 4.52 Å². The van der Waals surface area contributed by atoms with Gasteiger partial charge in [0.1, 0.15) is 5.75 Å². The topological polar surface area (TPSA) is 118 Å². The van der Waals surface area contributed by atoms with Crippen LogP contribution < -0.4 is 5.32 Å². The predicted octanol–water partition coefficient (Wildman–Crippen LogP) is 1.96. The molecule has 0 spiro atoms. The molecule has 0 fully saturated rings. The van der Waals surface area contributed by atoms with Gasteiger partial charge in [-0.05, 0) is 37.6 Å². The van der Waals surface area contributed by atoms with E-state index in [1.54, 1.807) is 12.1 Å². The Morgan fingerprint density at radius 2 is 2.08 bits per heavy atom. The van der Waals surface area contributed by atoms with E-state index < -0.39 is 15.7 Å². The van der Waals surface area contributed by atoms with Crippen LogP contribution in [0.4, 0.5) is 6.01 Å². The molecule has 2 aromatic heterocycles. The maximum atomic E-state index is 12.3. The number of aryl methyl sites for hydroxylation is 2. The number of H-pyrrole nitrogens is 1. The van der Waals surface area contributed by atoms with Crippen LogP contribution >= 0.6 is 0 Å². The Hall–Kier alpha value is -2.68. The highest BCUT2D eigenvalue weighted by Crippen LogP contribution is 2.22. The molecule has 0 radical (unpaired) electrons. The molecule has 0 unspecified atom stereocenters. The van der Waals surface area contributed by atoms with Crippen LogP contribution in [0, 0.1) is 13.8 Å². The number of nitrogens with zero attached hydrogens (tertiary/aromatic N) is 2. The van der Waals surface area contributed by atoms with Crippen molar-refractivity contribution in [3.8, 4) is 0 Å². The fraction of sp³-hybridized carbons (Fsp3) is 0.267. The highest BCUT2D eigenvalue weighted by atomic mass is 32.2. The van der Waals surface area contributed by atoms with Gasteiger partial charge < -0.3 is 9.51 Å². The molecule has 0 saturated heterocycles. The van der Waals surface area contributed by atoms with Gasteiger partial charge in [0.2, 0.25) is 0 Å². The number of aromatic nitrogens is 3. The summed E-state index contributed by atoms with van der Waals surface area (Å²) >= 11 is 0. The van der Waals surface area contributed by atoms with E-state index in [1.807, 2.05) is 19.9 Å². The van der Waals surface area contributed by atoms with Crippen molar-refractivity contribution in [2.24, 2.45) is 0 Å². The second kappa shape index (κ2) is 5.75. The smallest absolute Gasteiger partial charge is 0.328 e. The molecule has 9 heteroatoms. The number of carbonyl (C=O) groups is 1. The first-order chi connectivity index (χ1) is 11.2. The van der Waals surface area contributed by atoms with E-state index in [0.717, 1.165) is 28.4 Å². The van der Waals surface area contributed by atoms with Crippen LogP contribution in [0.15, 0.2) is 22.7 Å². The van der Waals surface area contributed by atoms with Gasteiger partial charge >= 0.3 is 6.01 Å². The van der Waals surface area contributed by atoms with E-state index in [0.29, 0.717) is 5.56 Å². The average molecular weight is 348 g/mol. The van der Waals surface area contributed by atoms with Crippen molar-refractivity contribution in [1.82, 2.24) is 15.1 Å². The number of nitrogens with one attached hydrogen (secondary N) is 2. The van der Waals surface area contributed by atoms with Gasteiger partial charge in [-0.1, -0.05) is 5.16 Å². The molecule has 2 heterocycles. The second-order valence-corrected chi connectivity index (χ2v) is 7.82. The van der Waals surface area contributed by atoms with Crippen LogP contribution in [0.25, 0.3) is 10.9 Å². The lowest BCUT2D eigenvalue weighted by Crippen LogP contribution is -2.12. The van der Waals surface area contributed by atoms with Crippen molar-refractivity contribution in [3.63, 3.8) is 0 Å². The van der Waals surface area contributed by atoms with Gasteiger partial charge in [0, 0.05) is 28.4 Å². The highest BCUT2D eigenvalue weighted by Gasteiger charge is 2.16. The Bertz CT molecular complexity index is 1030. The van der Waals surface area contributed by atoms with Crippen molar-refractivity contribution in [1.29, 1.82) is 0 Å². The lowest BCUT2D eigenvalue weighted by molar-refractivity contribution is 0.102. The minimum Gasteiger partial charge on any atom is -0.358 e. The standard InChI is InChI=1S/C15H16N4O4S/c1-8-9(2)16-12-5-4-10(6-11(8)12)14(20)18-15-17-13(19-23-15)7-24(3,21)22/h4-6,16H,7H2,1-3H3,(H,17,18,19,20). The van der Waals surface area contributed by atoms with Crippen LogP contribution in [0.2, 0.25) is 0 Å². The zero-order chi connectivity index (χ0) is 17.5. The van der Waals surface area contributed by atoms with Gasteiger partial charge in [-0.3, -0.25) is 10.1 Å². The summed E-state index contributed by atoms with van der Waals surface area (Å²) in [6.07, 6.45) is 1.07. The van der Waals surface area contributed by atoms with Gasteiger partial charge in [-0.15, -0.1) is 0 Å². The Balaban J connectivity index is 1.81. The summed E-state index contributed by atoms with van der Waals surface area (Å²) in [5, 5.41) is 6.96. The molecule has 2 N–H and O–H groups in total. The Kier molecular flexibility index (Phi) is 3.88. The normalized spacial score (nSPS) is 11.8. The number of aromatic amines is 1. The number of anilines is 1. The third-order valence-electron chi connectivity index (χ3n) is 3.65. The second-order valence-electron chi connectivity index (χ2n) is 5.68. The molecule has 24 heavy (non-hydrogen) atoms. The van der Waals surface area contributed by atoms with Gasteiger partial charge in [0.05, 0.1) is 0 Å². The van der Waals surface area contributed by atoms with Crippen molar-refractivity contribution >= 4 is 32.7 Å². The molecule has 0 bridgehead atoms. The summed E-state index contributed by atoms with van der Waals surface area (Å²) in [5.74, 6) is -0.759. The Labute approximate surface area is 138 Å². The summed E-state index contributed by atoms with van der Waals surface area (Å²) in [5.41, 5.74) is 3.51. The molecule has 0 aliphatic rings. The fourth-order valence-corrected chi connectivity index (χ4v) is 2.96. The number of fused-ring (bicyclic) bond motifs is 1. The molecule has 1 aromatic carbocycles. The summed E-state index contributed by atoms with van der Waals surface area (Å²) in [7, 11) is -3.27. The highest BCUT2D eigenvalue weighted by molar-refractivity contribution is 7.89. The zero-order valence-electron chi connectivity index (χ0n) is 13.4. The molecule has 0 aliphatic heterocycles. The van der Waals surface area contributed by atoms with Gasteiger partial charge in [0.25, 0.3) is 5.91 Å². The summed E-state index contributed by atoms with van der Waals surface area (Å²) in [4.78, 5) is 19.4. The van der Waals surface area contributed by atoms with Crippen molar-refractivity contribution in [2.75, 3.05) is 11.6 Å². The van der Waals surface area contributed by atoms with E-state index >= 15 is 0 Å². The van der Waals surface area contributed by atoms with Crippen molar-refractivity contribution < 1.29 is 17.7 Å². The largest absolute Gasteiger partial charge is 0.358 e. The fourth-order valence-electron chi connectivity index (χ4n) is 2.37. The number of hydrogen-bond acceptors (Lipinski definition) is 6. The SMILES string of the molecule is Cc1[nH]c2ccc(C(=O)Nc3nc(CS(C)(=O)=O)no3)cc2c1C. The monoisotopic (exact) mass is 348 g/mol. The molecule has 1 amide bonds. The first kappa shape index (κ1) is 16.2. The molecule has 8 nitrogen and oxygen atoms in total. The number of hydrogen-bond donors (Lipinski definition) is 2. The van der Waals surface area contributed by atoms with Crippen molar-refractivity contribution in [3.05, 3.63) is 40.8 Å². The third-order valence-corrected chi connectivity index (χ3v) is 4.43. The lowest BCUT2D eigenvalue weighted by Gasteiger charge is -2.01. The van der Waals surface area contributed by atoms with Crippen LogP contribution in [-0.4, -0.2) is 35.7 Å². The van der Waals surface area contributed by atoms with Crippen LogP contribution in [0.5, 0.6) is 0 Å². The molecule has 0 atom stereocenters. The average Bonchev–Trinajstić information content (AvgIpc) is 3.02. The van der Waals surface area contributed by atoms with E-state index in [2.05, 4.69) is 20.4 Å². The summed E-state index contributed by atoms with van der Waals surface area (Å²) < 4.78 is 27.3. The van der Waals surface area contributed by atoms with E-state index in [9.17, 15) is 13.2 Å². The first-order valence-corrected chi connectivity index (χ1v) is 9.19. The zero-order valence-corrected chi connectivity index (χ0v) is 14.2.